The molecule has 2 unspecified atom stereocenters. The van der Waals surface area contributed by atoms with Crippen molar-refractivity contribution in [1.29, 1.82) is 0 Å². The molecule has 2 atom stereocenters. The summed E-state index contributed by atoms with van der Waals surface area (Å²) in [6, 6.07) is 0. The molecular formula is C7H10N2O2S. The maximum absolute atomic E-state index is 9.76. The van der Waals surface area contributed by atoms with Crippen molar-refractivity contribution in [3.8, 4) is 0 Å². The van der Waals surface area contributed by atoms with Crippen molar-refractivity contribution in [2.24, 2.45) is 5.92 Å². The maximum atomic E-state index is 9.76. The van der Waals surface area contributed by atoms with Crippen molar-refractivity contribution < 1.29 is 9.84 Å². The molecule has 1 aromatic rings. The second kappa shape index (κ2) is 3.47. The summed E-state index contributed by atoms with van der Waals surface area (Å²) >= 11 is 1.25. The van der Waals surface area contributed by atoms with Crippen LogP contribution in [0.4, 0.5) is 0 Å². The molecule has 0 amide bonds. The van der Waals surface area contributed by atoms with Gasteiger partial charge >= 0.3 is 0 Å². The van der Waals surface area contributed by atoms with Crippen LogP contribution in [0, 0.1) is 5.92 Å². The maximum Gasteiger partial charge on any atom is 0.0965 e. The second-order valence-electron chi connectivity index (χ2n) is 2.89. The summed E-state index contributed by atoms with van der Waals surface area (Å²) in [7, 11) is 0. The zero-order valence-electron chi connectivity index (χ0n) is 6.51. The van der Waals surface area contributed by atoms with E-state index in [-0.39, 0.29) is 5.92 Å². The number of aliphatic hydroxyl groups is 1. The van der Waals surface area contributed by atoms with Crippen LogP contribution < -0.4 is 0 Å². The Bertz CT molecular complexity index is 234. The van der Waals surface area contributed by atoms with Crippen molar-refractivity contribution in [2.75, 3.05) is 13.2 Å². The summed E-state index contributed by atoms with van der Waals surface area (Å²) in [5, 5.41) is 13.4. The van der Waals surface area contributed by atoms with Crippen LogP contribution in [0.25, 0.3) is 0 Å². The van der Waals surface area contributed by atoms with E-state index in [2.05, 4.69) is 9.59 Å². The SMILES string of the molecule is OC(c1cnns1)C1CCOC1. The first-order valence-electron chi connectivity index (χ1n) is 3.91. The average Bonchev–Trinajstić information content (AvgIpc) is 2.77. The Morgan fingerprint density at radius 1 is 1.75 bits per heavy atom. The minimum atomic E-state index is -0.438. The van der Waals surface area contributed by atoms with Crippen molar-refractivity contribution in [3.05, 3.63) is 11.1 Å². The lowest BCUT2D eigenvalue weighted by Crippen LogP contribution is -2.10. The quantitative estimate of drug-likeness (QED) is 0.735. The summed E-state index contributed by atoms with van der Waals surface area (Å²) in [6.45, 7) is 1.41. The molecule has 2 heterocycles. The topological polar surface area (TPSA) is 55.2 Å². The minimum absolute atomic E-state index is 0.229. The third kappa shape index (κ3) is 1.48. The van der Waals surface area contributed by atoms with E-state index >= 15 is 0 Å². The van der Waals surface area contributed by atoms with E-state index in [0.29, 0.717) is 6.61 Å². The molecule has 2 rings (SSSR count). The van der Waals surface area contributed by atoms with Crippen molar-refractivity contribution >= 4 is 11.5 Å². The highest BCUT2D eigenvalue weighted by atomic mass is 32.1. The summed E-state index contributed by atoms with van der Waals surface area (Å²) in [5.41, 5.74) is 0. The number of nitrogens with zero attached hydrogens (tertiary/aromatic N) is 2. The Morgan fingerprint density at radius 3 is 3.25 bits per heavy atom. The highest BCUT2D eigenvalue weighted by molar-refractivity contribution is 7.05. The van der Waals surface area contributed by atoms with E-state index < -0.39 is 6.10 Å². The largest absolute Gasteiger partial charge is 0.387 e. The zero-order chi connectivity index (χ0) is 8.39. The van der Waals surface area contributed by atoms with E-state index in [1.54, 1.807) is 6.20 Å². The van der Waals surface area contributed by atoms with Gasteiger partial charge in [0.2, 0.25) is 0 Å². The predicted molar refractivity (Wildman–Crippen MR) is 43.8 cm³/mol. The molecule has 1 saturated heterocycles. The van der Waals surface area contributed by atoms with Gasteiger partial charge in [-0.05, 0) is 18.0 Å². The van der Waals surface area contributed by atoms with E-state index in [1.165, 1.54) is 11.5 Å². The fourth-order valence-electron chi connectivity index (χ4n) is 1.34. The lowest BCUT2D eigenvalue weighted by atomic mass is 10.0. The summed E-state index contributed by atoms with van der Waals surface area (Å²) in [4.78, 5) is 0.838. The average molecular weight is 186 g/mol. The molecule has 0 bridgehead atoms. The predicted octanol–water partition coefficient (Wildman–Crippen LogP) is 0.608. The Labute approximate surface area is 74.3 Å². The molecule has 0 spiro atoms. The van der Waals surface area contributed by atoms with Gasteiger partial charge < -0.3 is 9.84 Å². The molecule has 4 nitrogen and oxygen atoms in total. The van der Waals surface area contributed by atoms with Crippen molar-refractivity contribution in [1.82, 2.24) is 9.59 Å². The highest BCUT2D eigenvalue weighted by Gasteiger charge is 2.26. The molecule has 1 aromatic heterocycles. The smallest absolute Gasteiger partial charge is 0.0965 e. The van der Waals surface area contributed by atoms with Gasteiger partial charge in [-0.1, -0.05) is 4.49 Å². The van der Waals surface area contributed by atoms with Gasteiger partial charge in [-0.3, -0.25) is 0 Å². The standard InChI is InChI=1S/C7H10N2O2S/c10-7(5-1-2-11-4-5)6-3-8-9-12-6/h3,5,7,10H,1-2,4H2. The van der Waals surface area contributed by atoms with E-state index in [4.69, 9.17) is 4.74 Å². The van der Waals surface area contributed by atoms with Crippen LogP contribution in [0.3, 0.4) is 0 Å². The number of ether oxygens (including phenoxy) is 1. The summed E-state index contributed by atoms with van der Waals surface area (Å²) in [5.74, 6) is 0.229. The first-order valence-corrected chi connectivity index (χ1v) is 4.68. The lowest BCUT2D eigenvalue weighted by Gasteiger charge is -2.12. The van der Waals surface area contributed by atoms with Gasteiger partial charge in [-0.25, -0.2) is 0 Å². The Balaban J connectivity index is 2.04. The van der Waals surface area contributed by atoms with Gasteiger partial charge in [0.25, 0.3) is 0 Å². The Kier molecular flexibility index (Phi) is 2.34. The van der Waals surface area contributed by atoms with Gasteiger partial charge in [-0.2, -0.15) is 0 Å². The van der Waals surface area contributed by atoms with Gasteiger partial charge in [0, 0.05) is 12.5 Å². The highest BCUT2D eigenvalue weighted by Crippen LogP contribution is 2.29. The summed E-state index contributed by atoms with van der Waals surface area (Å²) < 4.78 is 8.89. The van der Waals surface area contributed by atoms with Crippen LogP contribution in [0.5, 0.6) is 0 Å². The summed E-state index contributed by atoms with van der Waals surface area (Å²) in [6.07, 6.45) is 2.11. The van der Waals surface area contributed by atoms with Crippen molar-refractivity contribution in [2.45, 2.75) is 12.5 Å². The first-order chi connectivity index (χ1) is 5.88. The number of hydrogen-bond donors (Lipinski definition) is 1. The number of aliphatic hydroxyl groups excluding tert-OH is 1. The molecule has 0 aromatic carbocycles. The third-order valence-corrected chi connectivity index (χ3v) is 2.81. The van der Waals surface area contributed by atoms with E-state index in [1.807, 2.05) is 0 Å². The Morgan fingerprint density at radius 2 is 2.67 bits per heavy atom. The lowest BCUT2D eigenvalue weighted by molar-refractivity contribution is 0.0943. The molecule has 0 saturated carbocycles. The van der Waals surface area contributed by atoms with E-state index in [0.717, 1.165) is 17.9 Å². The fraction of sp³-hybridized carbons (Fsp3) is 0.714. The molecule has 1 fully saturated rings. The fourth-order valence-corrected chi connectivity index (χ4v) is 1.92. The van der Waals surface area contributed by atoms with Gasteiger partial charge in [-0.15, -0.1) is 5.10 Å². The third-order valence-electron chi connectivity index (χ3n) is 2.08. The first kappa shape index (κ1) is 8.10. The molecule has 0 aliphatic carbocycles. The normalized spacial score (nSPS) is 25.9. The molecule has 1 aliphatic rings. The number of hydrogen-bond acceptors (Lipinski definition) is 5. The number of aromatic nitrogens is 2. The minimum Gasteiger partial charge on any atom is -0.387 e. The molecular weight excluding hydrogens is 176 g/mol. The van der Waals surface area contributed by atoms with Crippen molar-refractivity contribution in [3.63, 3.8) is 0 Å². The van der Waals surface area contributed by atoms with Crippen LogP contribution >= 0.6 is 11.5 Å². The van der Waals surface area contributed by atoms with Crippen LogP contribution in [-0.4, -0.2) is 27.9 Å². The molecule has 66 valence electrons. The monoisotopic (exact) mass is 186 g/mol. The second-order valence-corrected chi connectivity index (χ2v) is 3.71. The van der Waals surface area contributed by atoms with Crippen LogP contribution in [-0.2, 0) is 4.74 Å². The Hall–Kier alpha value is -0.520. The molecule has 0 radical (unpaired) electrons. The van der Waals surface area contributed by atoms with Crippen LogP contribution in [0.2, 0.25) is 0 Å². The molecule has 1 N–H and O–H groups in total. The number of rotatable bonds is 2. The van der Waals surface area contributed by atoms with Crippen LogP contribution in [0.15, 0.2) is 6.20 Å². The van der Waals surface area contributed by atoms with Gasteiger partial charge in [0.15, 0.2) is 0 Å². The van der Waals surface area contributed by atoms with Gasteiger partial charge in [0.05, 0.1) is 23.8 Å². The molecule has 5 heteroatoms. The zero-order valence-corrected chi connectivity index (χ0v) is 7.33. The van der Waals surface area contributed by atoms with E-state index in [9.17, 15) is 5.11 Å². The van der Waals surface area contributed by atoms with Gasteiger partial charge in [0.1, 0.15) is 0 Å². The van der Waals surface area contributed by atoms with Crippen LogP contribution in [0.1, 0.15) is 17.4 Å². The molecule has 12 heavy (non-hydrogen) atoms. The molecule has 1 aliphatic heterocycles.